The van der Waals surface area contributed by atoms with Crippen LogP contribution in [0.1, 0.15) is 28.8 Å². The second-order valence-corrected chi connectivity index (χ2v) is 4.39. The van der Waals surface area contributed by atoms with Crippen molar-refractivity contribution in [3.63, 3.8) is 0 Å². The molecule has 0 heterocycles. The number of amides is 1. The molecule has 4 nitrogen and oxygen atoms in total. The van der Waals surface area contributed by atoms with Gasteiger partial charge in [-0.15, -0.1) is 0 Å². The molecule has 1 aromatic carbocycles. The Morgan fingerprint density at radius 3 is 2.88 bits per heavy atom. The van der Waals surface area contributed by atoms with Gasteiger partial charge in [0.2, 0.25) is 0 Å². The van der Waals surface area contributed by atoms with Gasteiger partial charge in [0.1, 0.15) is 11.8 Å². The van der Waals surface area contributed by atoms with Gasteiger partial charge >= 0.3 is 0 Å². The smallest absolute Gasteiger partial charge is 0.256 e. The van der Waals surface area contributed by atoms with Crippen LogP contribution in [0.15, 0.2) is 18.2 Å². The lowest BCUT2D eigenvalue weighted by Crippen LogP contribution is -2.35. The summed E-state index contributed by atoms with van der Waals surface area (Å²) in [6.07, 6.45) is 1.97. The maximum Gasteiger partial charge on any atom is 0.256 e. The van der Waals surface area contributed by atoms with Crippen LogP contribution in [0.4, 0.5) is 0 Å². The second-order valence-electron chi connectivity index (χ2n) is 4.39. The molecule has 17 heavy (non-hydrogen) atoms. The normalized spacial score (nSPS) is 16.0. The van der Waals surface area contributed by atoms with Gasteiger partial charge in [0.05, 0.1) is 11.6 Å². The van der Waals surface area contributed by atoms with Crippen LogP contribution in [-0.4, -0.2) is 17.1 Å². The third-order valence-electron chi connectivity index (χ3n) is 3.00. The SMILES string of the molecule is Cc1cccc(C(=O)NC(C#N)C2CC2)c1O. The molecule has 2 N–H and O–H groups in total. The van der Waals surface area contributed by atoms with E-state index in [9.17, 15) is 9.90 Å². The molecule has 1 amide bonds. The number of phenolic OH excluding ortho intramolecular Hbond substituents is 1. The highest BCUT2D eigenvalue weighted by Crippen LogP contribution is 2.32. The number of nitriles is 1. The van der Waals surface area contributed by atoms with Crippen LogP contribution in [0.2, 0.25) is 0 Å². The topological polar surface area (TPSA) is 73.1 Å². The first-order valence-corrected chi connectivity index (χ1v) is 5.62. The zero-order valence-electron chi connectivity index (χ0n) is 9.60. The Labute approximate surface area is 99.9 Å². The maximum absolute atomic E-state index is 11.9. The second kappa shape index (κ2) is 4.46. The largest absolute Gasteiger partial charge is 0.507 e. The lowest BCUT2D eigenvalue weighted by Gasteiger charge is -2.12. The van der Waals surface area contributed by atoms with Crippen LogP contribution in [0.25, 0.3) is 0 Å². The number of aromatic hydroxyl groups is 1. The Kier molecular flexibility index (Phi) is 3.01. The van der Waals surface area contributed by atoms with Crippen LogP contribution < -0.4 is 5.32 Å². The third-order valence-corrected chi connectivity index (χ3v) is 3.00. The number of aryl methyl sites for hydroxylation is 1. The van der Waals surface area contributed by atoms with Gasteiger partial charge in [-0.25, -0.2) is 0 Å². The van der Waals surface area contributed by atoms with Crippen molar-refractivity contribution >= 4 is 5.91 Å². The number of benzene rings is 1. The molecular weight excluding hydrogens is 216 g/mol. The Morgan fingerprint density at radius 1 is 1.59 bits per heavy atom. The molecule has 1 aromatic rings. The minimum Gasteiger partial charge on any atom is -0.507 e. The molecule has 1 saturated carbocycles. The van der Waals surface area contributed by atoms with Crippen LogP contribution in [0.3, 0.4) is 0 Å². The van der Waals surface area contributed by atoms with Gasteiger partial charge in [-0.3, -0.25) is 4.79 Å². The molecule has 0 radical (unpaired) electrons. The highest BCUT2D eigenvalue weighted by atomic mass is 16.3. The van der Waals surface area contributed by atoms with Crippen LogP contribution >= 0.6 is 0 Å². The van der Waals surface area contributed by atoms with Gasteiger partial charge in [0.15, 0.2) is 0 Å². The number of carbonyl (C=O) groups is 1. The van der Waals surface area contributed by atoms with E-state index in [0.29, 0.717) is 5.56 Å². The van der Waals surface area contributed by atoms with Crippen molar-refractivity contribution in [2.75, 3.05) is 0 Å². The number of nitrogens with zero attached hydrogens (tertiary/aromatic N) is 1. The van der Waals surface area contributed by atoms with Crippen molar-refractivity contribution < 1.29 is 9.90 Å². The van der Waals surface area contributed by atoms with Crippen molar-refractivity contribution in [3.8, 4) is 11.8 Å². The van der Waals surface area contributed by atoms with Gasteiger partial charge in [-0.1, -0.05) is 12.1 Å². The molecule has 1 unspecified atom stereocenters. The molecule has 88 valence electrons. The number of para-hydroxylation sites is 1. The van der Waals surface area contributed by atoms with Crippen LogP contribution in [-0.2, 0) is 0 Å². The molecule has 0 spiro atoms. The highest BCUT2D eigenvalue weighted by Gasteiger charge is 2.32. The summed E-state index contributed by atoms with van der Waals surface area (Å²) in [4.78, 5) is 11.9. The Morgan fingerprint density at radius 2 is 2.29 bits per heavy atom. The summed E-state index contributed by atoms with van der Waals surface area (Å²) in [7, 11) is 0. The number of nitrogens with one attached hydrogen (secondary N) is 1. The predicted molar refractivity (Wildman–Crippen MR) is 62.4 cm³/mol. The molecular formula is C13H14N2O2. The molecule has 4 heteroatoms. The lowest BCUT2D eigenvalue weighted by atomic mass is 10.1. The standard InChI is InChI=1S/C13H14N2O2/c1-8-3-2-4-10(12(8)16)13(17)15-11(7-14)9-5-6-9/h2-4,9,11,16H,5-6H2,1H3,(H,15,17). The van der Waals surface area contributed by atoms with Gasteiger partial charge < -0.3 is 10.4 Å². The zero-order valence-corrected chi connectivity index (χ0v) is 9.60. The average Bonchev–Trinajstić information content (AvgIpc) is 3.13. The van der Waals surface area contributed by atoms with E-state index in [1.54, 1.807) is 25.1 Å². The Balaban J connectivity index is 2.14. The minimum atomic E-state index is -0.442. The average molecular weight is 230 g/mol. The number of rotatable bonds is 3. The summed E-state index contributed by atoms with van der Waals surface area (Å²) < 4.78 is 0. The number of hydrogen-bond acceptors (Lipinski definition) is 3. The molecule has 2 rings (SSSR count). The summed E-state index contributed by atoms with van der Waals surface area (Å²) in [6, 6.07) is 6.64. The fraction of sp³-hybridized carbons (Fsp3) is 0.385. The first-order valence-electron chi connectivity index (χ1n) is 5.62. The molecule has 0 saturated heterocycles. The number of carbonyl (C=O) groups excluding carboxylic acids is 1. The van der Waals surface area contributed by atoms with E-state index in [4.69, 9.17) is 5.26 Å². The van der Waals surface area contributed by atoms with Gasteiger partial charge in [-0.2, -0.15) is 5.26 Å². The maximum atomic E-state index is 11.9. The fourth-order valence-corrected chi connectivity index (χ4v) is 1.75. The minimum absolute atomic E-state index is 0.0162. The molecule has 0 bridgehead atoms. The van der Waals surface area contributed by atoms with E-state index in [1.807, 2.05) is 0 Å². The van der Waals surface area contributed by atoms with Gasteiger partial charge in [-0.05, 0) is 37.3 Å². The molecule has 1 aliphatic carbocycles. The van der Waals surface area contributed by atoms with E-state index < -0.39 is 6.04 Å². The van der Waals surface area contributed by atoms with Gasteiger partial charge in [0, 0.05) is 0 Å². The summed E-state index contributed by atoms with van der Waals surface area (Å²) in [6.45, 7) is 1.73. The van der Waals surface area contributed by atoms with E-state index in [2.05, 4.69) is 11.4 Å². The van der Waals surface area contributed by atoms with E-state index in [0.717, 1.165) is 12.8 Å². The molecule has 1 aliphatic rings. The van der Waals surface area contributed by atoms with Crippen molar-refractivity contribution in [1.29, 1.82) is 5.26 Å². The molecule has 0 aromatic heterocycles. The van der Waals surface area contributed by atoms with Crippen molar-refractivity contribution in [3.05, 3.63) is 29.3 Å². The van der Waals surface area contributed by atoms with Crippen molar-refractivity contribution in [2.45, 2.75) is 25.8 Å². The Bertz CT molecular complexity index is 487. The fourth-order valence-electron chi connectivity index (χ4n) is 1.75. The van der Waals surface area contributed by atoms with Gasteiger partial charge in [0.25, 0.3) is 5.91 Å². The predicted octanol–water partition coefficient (Wildman–Crippen LogP) is 1.73. The Hall–Kier alpha value is -2.02. The first kappa shape index (κ1) is 11.5. The van der Waals surface area contributed by atoms with Crippen LogP contribution in [0, 0.1) is 24.2 Å². The molecule has 1 atom stereocenters. The van der Waals surface area contributed by atoms with Crippen molar-refractivity contribution in [1.82, 2.24) is 5.32 Å². The lowest BCUT2D eigenvalue weighted by molar-refractivity contribution is 0.0939. The summed E-state index contributed by atoms with van der Waals surface area (Å²) >= 11 is 0. The van der Waals surface area contributed by atoms with Crippen LogP contribution in [0.5, 0.6) is 5.75 Å². The van der Waals surface area contributed by atoms with Crippen molar-refractivity contribution in [2.24, 2.45) is 5.92 Å². The monoisotopic (exact) mass is 230 g/mol. The van der Waals surface area contributed by atoms with E-state index in [1.165, 1.54) is 0 Å². The zero-order chi connectivity index (χ0) is 12.4. The third kappa shape index (κ3) is 2.39. The first-order chi connectivity index (χ1) is 8.13. The van der Waals surface area contributed by atoms with E-state index in [-0.39, 0.29) is 23.1 Å². The number of hydrogen-bond donors (Lipinski definition) is 2. The highest BCUT2D eigenvalue weighted by molar-refractivity contribution is 5.97. The number of phenols is 1. The summed E-state index contributed by atoms with van der Waals surface area (Å²) in [5, 5.41) is 21.3. The summed E-state index contributed by atoms with van der Waals surface area (Å²) in [5.41, 5.74) is 0.878. The molecule has 0 aliphatic heterocycles. The summed E-state index contributed by atoms with van der Waals surface area (Å²) in [5.74, 6) is -0.127. The van der Waals surface area contributed by atoms with E-state index >= 15 is 0 Å². The quantitative estimate of drug-likeness (QED) is 0.830. The molecule has 1 fully saturated rings.